The molecule has 14 heavy (non-hydrogen) atoms. The molecule has 4 heteroatoms. The van der Waals surface area contributed by atoms with Crippen LogP contribution in [0.5, 0.6) is 5.75 Å². The summed E-state index contributed by atoms with van der Waals surface area (Å²) in [7, 11) is 0. The first-order valence-electron chi connectivity index (χ1n) is 4.09. The molecular weight excluding hydrogens is 182 g/mol. The van der Waals surface area contributed by atoms with Crippen molar-refractivity contribution < 1.29 is 14.3 Å². The normalized spacial score (nSPS) is 9.57. The van der Waals surface area contributed by atoms with Crippen molar-refractivity contribution >= 4 is 11.9 Å². The minimum atomic E-state index is -0.920. The number of hydrogen-bond donors (Lipinski definition) is 1. The van der Waals surface area contributed by atoms with Crippen molar-refractivity contribution in [2.24, 2.45) is 5.73 Å². The first kappa shape index (κ1) is 10.2. The minimum Gasteiger partial charge on any atom is -0.410 e. The van der Waals surface area contributed by atoms with E-state index in [-0.39, 0.29) is 11.5 Å². The third-order valence-corrected chi connectivity index (χ3v) is 1.72. The molecule has 0 bridgehead atoms. The number of ether oxygens (including phenoxy) is 1. The number of carbonyl (C=O) groups excluding carboxylic acids is 2. The zero-order chi connectivity index (χ0) is 10.7. The van der Waals surface area contributed by atoms with E-state index in [0.717, 1.165) is 5.56 Å². The van der Waals surface area contributed by atoms with Gasteiger partial charge in [0.1, 0.15) is 5.75 Å². The van der Waals surface area contributed by atoms with Crippen LogP contribution in [0.2, 0.25) is 0 Å². The Labute approximate surface area is 81.7 Å². The average Bonchev–Trinajstić information content (AvgIpc) is 2.07. The van der Waals surface area contributed by atoms with Crippen LogP contribution in [0.15, 0.2) is 18.2 Å². The van der Waals surface area contributed by atoms with Crippen LogP contribution >= 0.6 is 0 Å². The molecule has 0 heterocycles. The Balaban J connectivity index is 3.14. The maximum absolute atomic E-state index is 11.2. The van der Waals surface area contributed by atoms with Gasteiger partial charge in [-0.1, -0.05) is 11.6 Å². The second-order valence-corrected chi connectivity index (χ2v) is 2.98. The van der Waals surface area contributed by atoms with Crippen LogP contribution in [0.4, 0.5) is 4.79 Å². The molecule has 0 aliphatic heterocycles. The number of nitrogens with two attached hydrogens (primary N) is 1. The molecule has 1 rings (SSSR count). The third-order valence-electron chi connectivity index (χ3n) is 1.72. The van der Waals surface area contributed by atoms with Crippen molar-refractivity contribution in [2.45, 2.75) is 13.8 Å². The Morgan fingerprint density at radius 3 is 2.50 bits per heavy atom. The lowest BCUT2D eigenvalue weighted by Gasteiger charge is -2.06. The van der Waals surface area contributed by atoms with E-state index in [1.54, 1.807) is 18.2 Å². The zero-order valence-corrected chi connectivity index (χ0v) is 8.03. The summed E-state index contributed by atoms with van der Waals surface area (Å²) >= 11 is 0. The van der Waals surface area contributed by atoms with Crippen LogP contribution in [-0.4, -0.2) is 11.9 Å². The molecule has 0 saturated carbocycles. The lowest BCUT2D eigenvalue weighted by atomic mass is 10.1. The fourth-order valence-electron chi connectivity index (χ4n) is 1.12. The van der Waals surface area contributed by atoms with Gasteiger partial charge in [0.05, 0.1) is 5.56 Å². The maximum Gasteiger partial charge on any atom is 0.409 e. The van der Waals surface area contributed by atoms with E-state index in [0.29, 0.717) is 5.56 Å². The topological polar surface area (TPSA) is 69.4 Å². The van der Waals surface area contributed by atoms with Crippen molar-refractivity contribution in [2.75, 3.05) is 0 Å². The summed E-state index contributed by atoms with van der Waals surface area (Å²) < 4.78 is 4.68. The molecule has 0 aliphatic rings. The molecule has 0 saturated heterocycles. The van der Waals surface area contributed by atoms with Crippen molar-refractivity contribution in [1.29, 1.82) is 0 Å². The number of rotatable bonds is 2. The van der Waals surface area contributed by atoms with Gasteiger partial charge in [-0.2, -0.15) is 0 Å². The van der Waals surface area contributed by atoms with E-state index in [1.807, 2.05) is 6.92 Å². The smallest absolute Gasteiger partial charge is 0.409 e. The number of benzene rings is 1. The summed E-state index contributed by atoms with van der Waals surface area (Å²) in [5.41, 5.74) is 6.15. The van der Waals surface area contributed by atoms with Gasteiger partial charge in [-0.15, -0.1) is 0 Å². The van der Waals surface area contributed by atoms with Gasteiger partial charge >= 0.3 is 6.09 Å². The first-order valence-corrected chi connectivity index (χ1v) is 4.09. The van der Waals surface area contributed by atoms with E-state index in [2.05, 4.69) is 4.74 Å². The van der Waals surface area contributed by atoms with E-state index in [1.165, 1.54) is 6.92 Å². The van der Waals surface area contributed by atoms with Gasteiger partial charge in [0, 0.05) is 0 Å². The van der Waals surface area contributed by atoms with Crippen LogP contribution in [0.3, 0.4) is 0 Å². The van der Waals surface area contributed by atoms with E-state index in [9.17, 15) is 9.59 Å². The molecule has 0 atom stereocenters. The van der Waals surface area contributed by atoms with Crippen molar-refractivity contribution in [1.82, 2.24) is 0 Å². The average molecular weight is 193 g/mol. The number of aryl methyl sites for hydroxylation is 1. The van der Waals surface area contributed by atoms with Gasteiger partial charge in [0.15, 0.2) is 5.78 Å². The minimum absolute atomic E-state index is 0.162. The molecule has 0 unspecified atom stereocenters. The predicted octanol–water partition coefficient (Wildman–Crippen LogP) is 1.66. The summed E-state index contributed by atoms with van der Waals surface area (Å²) in [4.78, 5) is 21.7. The van der Waals surface area contributed by atoms with Gasteiger partial charge in [0.2, 0.25) is 0 Å². The van der Waals surface area contributed by atoms with E-state index < -0.39 is 6.09 Å². The molecule has 0 radical (unpaired) electrons. The fourth-order valence-corrected chi connectivity index (χ4v) is 1.12. The quantitative estimate of drug-likeness (QED) is 0.726. The van der Waals surface area contributed by atoms with Gasteiger partial charge in [-0.3, -0.25) is 4.79 Å². The SMILES string of the molecule is CC(=O)c1cc(C)ccc1OC(N)=O. The molecule has 1 aromatic carbocycles. The zero-order valence-electron chi connectivity index (χ0n) is 8.03. The van der Waals surface area contributed by atoms with Crippen LogP contribution < -0.4 is 10.5 Å². The molecule has 2 N–H and O–H groups in total. The number of Topliss-reactive ketones (excluding diaryl/α,β-unsaturated/α-hetero) is 1. The number of primary amides is 1. The Morgan fingerprint density at radius 2 is 2.00 bits per heavy atom. The second kappa shape index (κ2) is 3.91. The molecule has 4 nitrogen and oxygen atoms in total. The highest BCUT2D eigenvalue weighted by molar-refractivity contribution is 5.97. The molecular formula is C10H11NO3. The number of carbonyl (C=O) groups is 2. The summed E-state index contributed by atoms with van der Waals surface area (Å²) in [6.45, 7) is 3.25. The van der Waals surface area contributed by atoms with Crippen molar-refractivity contribution in [3.63, 3.8) is 0 Å². The van der Waals surface area contributed by atoms with Crippen molar-refractivity contribution in [3.8, 4) is 5.75 Å². The molecule has 0 fully saturated rings. The monoisotopic (exact) mass is 193 g/mol. The molecule has 0 aromatic heterocycles. The largest absolute Gasteiger partial charge is 0.410 e. The van der Waals surface area contributed by atoms with Crippen molar-refractivity contribution in [3.05, 3.63) is 29.3 Å². The van der Waals surface area contributed by atoms with Crippen LogP contribution in [0.1, 0.15) is 22.8 Å². The van der Waals surface area contributed by atoms with Crippen LogP contribution in [0.25, 0.3) is 0 Å². The molecule has 1 aromatic rings. The molecule has 0 spiro atoms. The Morgan fingerprint density at radius 1 is 1.36 bits per heavy atom. The highest BCUT2D eigenvalue weighted by Crippen LogP contribution is 2.20. The Kier molecular flexibility index (Phi) is 2.86. The van der Waals surface area contributed by atoms with E-state index in [4.69, 9.17) is 5.73 Å². The second-order valence-electron chi connectivity index (χ2n) is 2.98. The van der Waals surface area contributed by atoms with Gasteiger partial charge in [-0.25, -0.2) is 4.79 Å². The van der Waals surface area contributed by atoms with E-state index >= 15 is 0 Å². The van der Waals surface area contributed by atoms with Gasteiger partial charge in [0.25, 0.3) is 0 Å². The van der Waals surface area contributed by atoms with Gasteiger partial charge < -0.3 is 10.5 Å². The number of hydrogen-bond acceptors (Lipinski definition) is 3. The molecule has 1 amide bonds. The van der Waals surface area contributed by atoms with Crippen LogP contribution in [-0.2, 0) is 0 Å². The Bertz CT molecular complexity index is 385. The summed E-state index contributed by atoms with van der Waals surface area (Å²) in [5, 5.41) is 0. The lowest BCUT2D eigenvalue weighted by Crippen LogP contribution is -2.17. The lowest BCUT2D eigenvalue weighted by molar-refractivity contribution is 0.101. The fraction of sp³-hybridized carbons (Fsp3) is 0.200. The standard InChI is InChI=1S/C10H11NO3/c1-6-3-4-9(14-10(11)13)8(5-6)7(2)12/h3-5H,1-2H3,(H2,11,13). The third kappa shape index (κ3) is 2.32. The van der Waals surface area contributed by atoms with Crippen LogP contribution in [0, 0.1) is 6.92 Å². The number of ketones is 1. The summed E-state index contributed by atoms with van der Waals surface area (Å²) in [6.07, 6.45) is -0.920. The summed E-state index contributed by atoms with van der Waals surface area (Å²) in [6, 6.07) is 4.95. The predicted molar refractivity (Wildman–Crippen MR) is 51.4 cm³/mol. The summed E-state index contributed by atoms with van der Waals surface area (Å²) in [5.74, 6) is 0.0422. The molecule has 74 valence electrons. The maximum atomic E-state index is 11.2. The number of amides is 1. The Hall–Kier alpha value is -1.84. The highest BCUT2D eigenvalue weighted by Gasteiger charge is 2.10. The van der Waals surface area contributed by atoms with Gasteiger partial charge in [-0.05, 0) is 26.0 Å². The molecule has 0 aliphatic carbocycles. The highest BCUT2D eigenvalue weighted by atomic mass is 16.5. The first-order chi connectivity index (χ1) is 6.50.